The lowest BCUT2D eigenvalue weighted by atomic mass is 9.76. The molecule has 1 aliphatic rings. The Labute approximate surface area is 80.4 Å². The van der Waals surface area contributed by atoms with Gasteiger partial charge in [0.2, 0.25) is 0 Å². The molecule has 1 fully saturated rings. The van der Waals surface area contributed by atoms with Crippen molar-refractivity contribution in [3.05, 3.63) is 12.2 Å². The van der Waals surface area contributed by atoms with Gasteiger partial charge in [0, 0.05) is 18.4 Å². The Hall–Kier alpha value is -0.630. The van der Waals surface area contributed by atoms with Crippen LogP contribution in [-0.2, 0) is 4.79 Å². The first-order valence-corrected chi connectivity index (χ1v) is 4.93. The summed E-state index contributed by atoms with van der Waals surface area (Å²) in [6.45, 7) is 9.83. The Balaban J connectivity index is 2.57. The summed E-state index contributed by atoms with van der Waals surface area (Å²) in [5.74, 6) is 0.285. The van der Waals surface area contributed by atoms with Crippen molar-refractivity contribution in [2.45, 2.75) is 33.1 Å². The topological polar surface area (TPSA) is 29.1 Å². The fourth-order valence-corrected chi connectivity index (χ4v) is 1.95. The Kier molecular flexibility index (Phi) is 3.26. The lowest BCUT2D eigenvalue weighted by Crippen LogP contribution is -2.25. The third kappa shape index (κ3) is 2.41. The highest BCUT2D eigenvalue weighted by Crippen LogP contribution is 2.37. The molecule has 1 rings (SSSR count). The largest absolute Gasteiger partial charge is 0.316 e. The maximum Gasteiger partial charge on any atom is 0.129 e. The van der Waals surface area contributed by atoms with Crippen molar-refractivity contribution in [3.63, 3.8) is 0 Å². The normalized spacial score (nSPS) is 27.5. The van der Waals surface area contributed by atoms with E-state index in [0.717, 1.165) is 25.9 Å². The molecule has 0 aromatic carbocycles. The molecule has 0 spiro atoms. The van der Waals surface area contributed by atoms with Gasteiger partial charge in [-0.3, -0.25) is 0 Å². The molecule has 1 aliphatic heterocycles. The third-order valence-electron chi connectivity index (χ3n) is 3.10. The second kappa shape index (κ2) is 4.05. The fourth-order valence-electron chi connectivity index (χ4n) is 1.95. The molecule has 0 bridgehead atoms. The van der Waals surface area contributed by atoms with E-state index in [1.54, 1.807) is 6.92 Å². The van der Waals surface area contributed by atoms with Gasteiger partial charge in [-0.2, -0.15) is 0 Å². The second-order valence-electron chi connectivity index (χ2n) is 4.19. The van der Waals surface area contributed by atoms with Gasteiger partial charge in [-0.05, 0) is 33.2 Å². The predicted octanol–water partition coefficient (Wildman–Crippen LogP) is 1.91. The van der Waals surface area contributed by atoms with Gasteiger partial charge < -0.3 is 10.1 Å². The predicted molar refractivity (Wildman–Crippen MR) is 54.6 cm³/mol. The molecule has 2 heteroatoms. The molecule has 0 amide bonds. The minimum atomic E-state index is 0.200. The van der Waals surface area contributed by atoms with Crippen LogP contribution in [0.5, 0.6) is 0 Å². The van der Waals surface area contributed by atoms with Crippen molar-refractivity contribution < 1.29 is 4.79 Å². The van der Waals surface area contributed by atoms with Gasteiger partial charge in [0.1, 0.15) is 5.78 Å². The molecule has 74 valence electrons. The molecule has 2 nitrogen and oxygen atoms in total. The highest BCUT2D eigenvalue weighted by molar-refractivity contribution is 5.75. The van der Waals surface area contributed by atoms with Crippen molar-refractivity contribution in [2.24, 2.45) is 5.41 Å². The van der Waals surface area contributed by atoms with Crippen LogP contribution in [0.2, 0.25) is 0 Å². The van der Waals surface area contributed by atoms with Crippen LogP contribution in [0, 0.1) is 5.41 Å². The van der Waals surface area contributed by atoms with Crippen LogP contribution in [0.15, 0.2) is 12.2 Å². The van der Waals surface area contributed by atoms with Gasteiger partial charge in [-0.15, -0.1) is 0 Å². The zero-order valence-corrected chi connectivity index (χ0v) is 8.65. The zero-order valence-electron chi connectivity index (χ0n) is 8.65. The summed E-state index contributed by atoms with van der Waals surface area (Å²) < 4.78 is 0. The van der Waals surface area contributed by atoms with Gasteiger partial charge in [0.15, 0.2) is 0 Å². The molecular formula is C11H19NO. The highest BCUT2D eigenvalue weighted by Gasteiger charge is 2.34. The van der Waals surface area contributed by atoms with Crippen LogP contribution in [-0.4, -0.2) is 18.9 Å². The van der Waals surface area contributed by atoms with Gasteiger partial charge >= 0.3 is 0 Å². The SMILES string of the molecule is C=C(C)C1(CCC(C)=O)CCNC1. The number of hydrogen-bond acceptors (Lipinski definition) is 2. The van der Waals surface area contributed by atoms with E-state index in [9.17, 15) is 4.79 Å². The van der Waals surface area contributed by atoms with Gasteiger partial charge in [0.05, 0.1) is 0 Å². The maximum atomic E-state index is 10.9. The first-order valence-electron chi connectivity index (χ1n) is 4.93. The summed E-state index contributed by atoms with van der Waals surface area (Å²) in [7, 11) is 0. The Morgan fingerprint density at radius 3 is 2.62 bits per heavy atom. The summed E-state index contributed by atoms with van der Waals surface area (Å²) in [4.78, 5) is 10.9. The smallest absolute Gasteiger partial charge is 0.129 e. The maximum absolute atomic E-state index is 10.9. The summed E-state index contributed by atoms with van der Waals surface area (Å²) in [5, 5.41) is 3.35. The van der Waals surface area contributed by atoms with E-state index in [1.807, 2.05) is 0 Å². The molecule has 1 heterocycles. The van der Waals surface area contributed by atoms with Crippen molar-refractivity contribution in [2.75, 3.05) is 13.1 Å². The molecule has 0 saturated carbocycles. The Bertz CT molecular complexity index is 214. The van der Waals surface area contributed by atoms with E-state index in [0.29, 0.717) is 6.42 Å². The Morgan fingerprint density at radius 1 is 1.54 bits per heavy atom. The lowest BCUT2D eigenvalue weighted by molar-refractivity contribution is -0.117. The van der Waals surface area contributed by atoms with Gasteiger partial charge in [-0.1, -0.05) is 12.2 Å². The van der Waals surface area contributed by atoms with Crippen LogP contribution in [0.1, 0.15) is 33.1 Å². The second-order valence-corrected chi connectivity index (χ2v) is 4.19. The summed E-state index contributed by atoms with van der Waals surface area (Å²) in [6, 6.07) is 0. The fraction of sp³-hybridized carbons (Fsp3) is 0.727. The summed E-state index contributed by atoms with van der Waals surface area (Å²) in [6.07, 6.45) is 2.79. The first-order chi connectivity index (χ1) is 6.07. The van der Waals surface area contributed by atoms with Crippen LogP contribution in [0.25, 0.3) is 0 Å². The molecule has 1 unspecified atom stereocenters. The number of ketones is 1. The number of hydrogen-bond donors (Lipinski definition) is 1. The third-order valence-corrected chi connectivity index (χ3v) is 3.10. The zero-order chi connectivity index (χ0) is 9.90. The van der Waals surface area contributed by atoms with E-state index >= 15 is 0 Å². The first kappa shape index (κ1) is 10.5. The standard InChI is InChI=1S/C11H19NO/c1-9(2)11(5-4-10(3)13)6-7-12-8-11/h12H,1,4-8H2,2-3H3. The van der Waals surface area contributed by atoms with Crippen LogP contribution < -0.4 is 5.32 Å². The highest BCUT2D eigenvalue weighted by atomic mass is 16.1. The average Bonchev–Trinajstić information content (AvgIpc) is 2.50. The summed E-state index contributed by atoms with van der Waals surface area (Å²) in [5.41, 5.74) is 1.42. The minimum Gasteiger partial charge on any atom is -0.316 e. The molecule has 0 aromatic rings. The average molecular weight is 181 g/mol. The van der Waals surface area contributed by atoms with Crippen LogP contribution >= 0.6 is 0 Å². The molecule has 0 aliphatic carbocycles. The van der Waals surface area contributed by atoms with Gasteiger partial charge in [0.25, 0.3) is 0 Å². The quantitative estimate of drug-likeness (QED) is 0.671. The number of Topliss-reactive ketones (excluding diaryl/α,β-unsaturated/α-hetero) is 1. The molecule has 1 saturated heterocycles. The van der Waals surface area contributed by atoms with Crippen LogP contribution in [0.4, 0.5) is 0 Å². The van der Waals surface area contributed by atoms with E-state index in [2.05, 4.69) is 18.8 Å². The van der Waals surface area contributed by atoms with E-state index < -0.39 is 0 Å². The van der Waals surface area contributed by atoms with E-state index in [-0.39, 0.29) is 11.2 Å². The molecule has 1 atom stereocenters. The monoisotopic (exact) mass is 181 g/mol. The van der Waals surface area contributed by atoms with E-state index in [1.165, 1.54) is 5.57 Å². The number of carbonyl (C=O) groups is 1. The summed E-state index contributed by atoms with van der Waals surface area (Å²) >= 11 is 0. The minimum absolute atomic E-state index is 0.200. The van der Waals surface area contributed by atoms with Crippen molar-refractivity contribution >= 4 is 5.78 Å². The van der Waals surface area contributed by atoms with Crippen molar-refractivity contribution in [3.8, 4) is 0 Å². The van der Waals surface area contributed by atoms with Crippen LogP contribution in [0.3, 0.4) is 0 Å². The number of nitrogens with one attached hydrogen (secondary N) is 1. The molecular weight excluding hydrogens is 162 g/mol. The molecule has 13 heavy (non-hydrogen) atoms. The molecule has 0 radical (unpaired) electrons. The van der Waals surface area contributed by atoms with Gasteiger partial charge in [-0.25, -0.2) is 0 Å². The number of carbonyl (C=O) groups excluding carboxylic acids is 1. The van der Waals surface area contributed by atoms with Crippen molar-refractivity contribution in [1.29, 1.82) is 0 Å². The van der Waals surface area contributed by atoms with Crippen molar-refractivity contribution in [1.82, 2.24) is 5.32 Å². The molecule has 1 N–H and O–H groups in total. The lowest BCUT2D eigenvalue weighted by Gasteiger charge is -2.28. The molecule has 0 aromatic heterocycles. The Morgan fingerprint density at radius 2 is 2.23 bits per heavy atom. The van der Waals surface area contributed by atoms with E-state index in [4.69, 9.17) is 0 Å². The number of rotatable bonds is 4.